The number of hydrogen-bond donors (Lipinski definition) is 2. The van der Waals surface area contributed by atoms with Gasteiger partial charge in [0, 0.05) is 19.0 Å². The molecule has 1 aromatic heterocycles. The van der Waals surface area contributed by atoms with Crippen molar-refractivity contribution < 1.29 is 17.7 Å². The van der Waals surface area contributed by atoms with Crippen molar-refractivity contribution in [1.82, 2.24) is 10.6 Å². The lowest BCUT2D eigenvalue weighted by Gasteiger charge is -2.16. The fourth-order valence-electron chi connectivity index (χ4n) is 2.22. The van der Waals surface area contributed by atoms with E-state index in [1.54, 1.807) is 36.3 Å². The number of hydrazine groups is 1. The summed E-state index contributed by atoms with van der Waals surface area (Å²) in [6.07, 6.45) is 2.14. The molecule has 2 N–H and O–H groups in total. The lowest BCUT2D eigenvalue weighted by molar-refractivity contribution is 0.0553. The second-order valence-electron chi connectivity index (χ2n) is 5.00. The first-order valence-electron chi connectivity index (χ1n) is 7.07. The van der Waals surface area contributed by atoms with E-state index in [-0.39, 0.29) is 5.09 Å². The maximum absolute atomic E-state index is 12.5. The third-order valence-corrected chi connectivity index (χ3v) is 4.66. The highest BCUT2D eigenvalue weighted by atomic mass is 32.2. The predicted molar refractivity (Wildman–Crippen MR) is 85.3 cm³/mol. The molecular formula is C15H17N3O4S. The quantitative estimate of drug-likeness (QED) is 0.872. The lowest BCUT2D eigenvalue weighted by Crippen LogP contribution is -2.26. The molecule has 0 saturated carbocycles. The van der Waals surface area contributed by atoms with Crippen LogP contribution in [0.2, 0.25) is 0 Å². The first kappa shape index (κ1) is 15.4. The van der Waals surface area contributed by atoms with Crippen LogP contribution in [0.4, 0.5) is 5.69 Å². The molecule has 0 aliphatic carbocycles. The van der Waals surface area contributed by atoms with E-state index < -0.39 is 10.0 Å². The first-order valence-corrected chi connectivity index (χ1v) is 8.55. The van der Waals surface area contributed by atoms with Crippen molar-refractivity contribution in [2.75, 3.05) is 11.8 Å². The van der Waals surface area contributed by atoms with Crippen LogP contribution in [-0.4, -0.2) is 20.5 Å². The number of hydrogen-bond acceptors (Lipinski definition) is 6. The van der Waals surface area contributed by atoms with E-state index in [2.05, 4.69) is 10.3 Å². The van der Waals surface area contributed by atoms with Gasteiger partial charge in [0.1, 0.15) is 17.7 Å². The number of nitrogens with zero attached hydrogens (tertiary/aromatic N) is 1. The van der Waals surface area contributed by atoms with Crippen LogP contribution in [-0.2, 0) is 21.3 Å². The van der Waals surface area contributed by atoms with Crippen LogP contribution < -0.4 is 10.3 Å². The summed E-state index contributed by atoms with van der Waals surface area (Å²) in [5, 5.41) is 1.54. The number of aryl methyl sites for hydroxylation is 1. The van der Waals surface area contributed by atoms with Crippen LogP contribution in [0, 0.1) is 0 Å². The monoisotopic (exact) mass is 335 g/mol. The van der Waals surface area contributed by atoms with E-state index in [0.29, 0.717) is 29.1 Å². The third-order valence-electron chi connectivity index (χ3n) is 3.42. The average Bonchev–Trinajstić information content (AvgIpc) is 3.16. The van der Waals surface area contributed by atoms with Gasteiger partial charge in [-0.2, -0.15) is 8.42 Å². The number of para-hydroxylation sites is 1. The summed E-state index contributed by atoms with van der Waals surface area (Å²) in [6, 6.07) is 10.2. The Kier molecular flexibility index (Phi) is 4.01. The van der Waals surface area contributed by atoms with Crippen LogP contribution in [0.3, 0.4) is 0 Å². The fourth-order valence-corrected chi connectivity index (χ4v) is 3.25. The Labute approximate surface area is 134 Å². The topological polar surface area (TPSA) is 83.8 Å². The number of sulfonamides is 1. The molecule has 122 valence electrons. The highest BCUT2D eigenvalue weighted by Crippen LogP contribution is 2.29. The molecule has 8 heteroatoms. The molecule has 2 heterocycles. The summed E-state index contributed by atoms with van der Waals surface area (Å²) in [7, 11) is -2.03. The Morgan fingerprint density at radius 1 is 1.22 bits per heavy atom. The normalized spacial score (nSPS) is 14.5. The Bertz CT molecular complexity index is 842. The highest BCUT2D eigenvalue weighted by Gasteiger charge is 2.23. The standard InChI is InChI=1S/C15H17N3O4S/c1-3-11-8-9-15(22-11)23(19,20)16-13-7-5-4-6-12(13)14-10-21-17-18(14)2/h4-10,16-17H,3H2,1-2H3. The highest BCUT2D eigenvalue weighted by molar-refractivity contribution is 7.92. The number of benzene rings is 1. The second-order valence-corrected chi connectivity index (χ2v) is 6.61. The summed E-state index contributed by atoms with van der Waals surface area (Å²) in [4.78, 5) is 5.03. The van der Waals surface area contributed by atoms with Crippen molar-refractivity contribution in [3.8, 4) is 0 Å². The van der Waals surface area contributed by atoms with Gasteiger partial charge < -0.3 is 9.25 Å². The average molecular weight is 335 g/mol. The van der Waals surface area contributed by atoms with E-state index in [1.807, 2.05) is 13.0 Å². The molecule has 0 atom stereocenters. The summed E-state index contributed by atoms with van der Waals surface area (Å²) in [6.45, 7) is 1.90. The Balaban J connectivity index is 1.94. The van der Waals surface area contributed by atoms with Crippen molar-refractivity contribution in [2.45, 2.75) is 18.4 Å². The van der Waals surface area contributed by atoms with Crippen molar-refractivity contribution in [3.63, 3.8) is 0 Å². The molecule has 23 heavy (non-hydrogen) atoms. The molecule has 0 amide bonds. The first-order chi connectivity index (χ1) is 11.0. The van der Waals surface area contributed by atoms with Crippen LogP contribution in [0.15, 0.2) is 52.2 Å². The molecule has 1 aliphatic rings. The van der Waals surface area contributed by atoms with E-state index in [9.17, 15) is 8.42 Å². The number of rotatable bonds is 5. The van der Waals surface area contributed by atoms with E-state index >= 15 is 0 Å². The number of anilines is 1. The van der Waals surface area contributed by atoms with Gasteiger partial charge in [-0.15, -0.1) is 0 Å². The van der Waals surface area contributed by atoms with Gasteiger partial charge in [0.05, 0.1) is 5.69 Å². The van der Waals surface area contributed by atoms with Crippen molar-refractivity contribution in [1.29, 1.82) is 0 Å². The van der Waals surface area contributed by atoms with E-state index in [1.165, 1.54) is 12.3 Å². The van der Waals surface area contributed by atoms with E-state index in [0.717, 1.165) is 0 Å². The van der Waals surface area contributed by atoms with Crippen LogP contribution in [0.1, 0.15) is 18.2 Å². The van der Waals surface area contributed by atoms with Crippen LogP contribution >= 0.6 is 0 Å². The molecule has 0 fully saturated rings. The summed E-state index contributed by atoms with van der Waals surface area (Å²) >= 11 is 0. The molecule has 3 rings (SSSR count). The van der Waals surface area contributed by atoms with Gasteiger partial charge in [-0.05, 0) is 18.2 Å². The maximum atomic E-state index is 12.5. The third kappa shape index (κ3) is 3.03. The Morgan fingerprint density at radius 2 is 2.00 bits per heavy atom. The van der Waals surface area contributed by atoms with Gasteiger partial charge in [-0.25, -0.2) is 0 Å². The minimum Gasteiger partial charge on any atom is -0.448 e. The number of furan rings is 1. The Morgan fingerprint density at radius 3 is 2.65 bits per heavy atom. The minimum absolute atomic E-state index is 0.104. The fraction of sp³-hybridized carbons (Fsp3) is 0.200. The molecule has 2 aromatic rings. The largest absolute Gasteiger partial charge is 0.448 e. The summed E-state index contributed by atoms with van der Waals surface area (Å²) < 4.78 is 32.9. The second kappa shape index (κ2) is 5.98. The van der Waals surface area contributed by atoms with Gasteiger partial charge in [0.2, 0.25) is 5.09 Å². The lowest BCUT2D eigenvalue weighted by atomic mass is 10.1. The minimum atomic E-state index is -3.80. The van der Waals surface area contributed by atoms with Crippen LogP contribution in [0.5, 0.6) is 0 Å². The van der Waals surface area contributed by atoms with Crippen LogP contribution in [0.25, 0.3) is 5.70 Å². The molecule has 0 saturated heterocycles. The smallest absolute Gasteiger partial charge is 0.295 e. The van der Waals surface area contributed by atoms with Gasteiger partial charge in [-0.1, -0.05) is 30.7 Å². The molecule has 0 radical (unpaired) electrons. The predicted octanol–water partition coefficient (Wildman–Crippen LogP) is 2.32. The molecule has 0 spiro atoms. The zero-order valence-electron chi connectivity index (χ0n) is 12.7. The SMILES string of the molecule is CCc1ccc(S(=O)(=O)Nc2ccccc2C2=CONN2C)o1. The van der Waals surface area contributed by atoms with Gasteiger partial charge in [0.15, 0.2) is 0 Å². The molecule has 1 aliphatic heterocycles. The van der Waals surface area contributed by atoms with Gasteiger partial charge >= 0.3 is 0 Å². The summed E-state index contributed by atoms with van der Waals surface area (Å²) in [5.74, 6) is 0.620. The summed E-state index contributed by atoms with van der Waals surface area (Å²) in [5.41, 5.74) is 4.47. The Hall–Kier alpha value is -2.45. The zero-order chi connectivity index (χ0) is 16.4. The van der Waals surface area contributed by atoms with Crippen molar-refractivity contribution in [2.24, 2.45) is 0 Å². The van der Waals surface area contributed by atoms with Gasteiger partial charge in [0.25, 0.3) is 10.0 Å². The van der Waals surface area contributed by atoms with Gasteiger partial charge in [-0.3, -0.25) is 9.73 Å². The maximum Gasteiger partial charge on any atom is 0.295 e. The molecular weight excluding hydrogens is 318 g/mol. The van der Waals surface area contributed by atoms with Crippen molar-refractivity contribution in [3.05, 3.63) is 54.0 Å². The molecule has 7 nitrogen and oxygen atoms in total. The zero-order valence-corrected chi connectivity index (χ0v) is 13.6. The number of nitrogens with one attached hydrogen (secondary N) is 2. The molecule has 0 unspecified atom stereocenters. The molecule has 1 aromatic carbocycles. The molecule has 0 bridgehead atoms. The van der Waals surface area contributed by atoms with E-state index in [4.69, 9.17) is 9.25 Å². The van der Waals surface area contributed by atoms with Crippen molar-refractivity contribution >= 4 is 21.4 Å².